The van der Waals surface area contributed by atoms with E-state index in [2.05, 4.69) is 9.97 Å². The molecule has 0 spiro atoms. The average molecular weight is 352 g/mol. The van der Waals surface area contributed by atoms with Gasteiger partial charge in [-0.05, 0) is 44.9 Å². The summed E-state index contributed by atoms with van der Waals surface area (Å²) in [6.45, 7) is 3.79. The van der Waals surface area contributed by atoms with Crippen LogP contribution in [0.5, 0.6) is 0 Å². The summed E-state index contributed by atoms with van der Waals surface area (Å²) in [6.07, 6.45) is 5.45. The summed E-state index contributed by atoms with van der Waals surface area (Å²) in [7, 11) is 0. The number of nitrogens with zero attached hydrogens (tertiary/aromatic N) is 4. The van der Waals surface area contributed by atoms with Gasteiger partial charge in [-0.2, -0.15) is 0 Å². The third kappa shape index (κ3) is 2.13. The zero-order valence-corrected chi connectivity index (χ0v) is 14.4. The fraction of sp³-hybridized carbons (Fsp3) is 0.316. The minimum absolute atomic E-state index is 0.133. The highest BCUT2D eigenvalue weighted by Crippen LogP contribution is 2.40. The highest BCUT2D eigenvalue weighted by atomic mass is 19.1. The number of benzene rings is 1. The molecule has 0 bridgehead atoms. The zero-order chi connectivity index (χ0) is 18.0. The van der Waals surface area contributed by atoms with E-state index < -0.39 is 0 Å². The monoisotopic (exact) mass is 352 g/mol. The van der Waals surface area contributed by atoms with Crippen molar-refractivity contribution in [1.29, 1.82) is 0 Å². The first-order valence-electron chi connectivity index (χ1n) is 8.71. The number of halogens is 1. The molecule has 1 aliphatic rings. The lowest BCUT2D eigenvalue weighted by Crippen LogP contribution is -2.24. The van der Waals surface area contributed by atoms with Crippen molar-refractivity contribution in [1.82, 2.24) is 18.9 Å². The minimum atomic E-state index is -0.382. The molecule has 0 amide bonds. The zero-order valence-electron chi connectivity index (χ0n) is 14.4. The van der Waals surface area contributed by atoms with Crippen LogP contribution in [0, 0.1) is 5.82 Å². The van der Waals surface area contributed by atoms with Gasteiger partial charge in [-0.1, -0.05) is 0 Å². The van der Waals surface area contributed by atoms with Gasteiger partial charge in [-0.15, -0.1) is 0 Å². The molecule has 6 nitrogen and oxygen atoms in total. The Morgan fingerprint density at radius 3 is 2.81 bits per heavy atom. The van der Waals surface area contributed by atoms with Crippen molar-refractivity contribution in [3.63, 3.8) is 0 Å². The molecule has 5 rings (SSSR count). The van der Waals surface area contributed by atoms with Crippen LogP contribution in [0.15, 0.2) is 40.0 Å². The summed E-state index contributed by atoms with van der Waals surface area (Å²) in [5.41, 5.74) is 2.73. The molecule has 0 saturated heterocycles. The fourth-order valence-electron chi connectivity index (χ4n) is 3.48. The Labute approximate surface area is 147 Å². The van der Waals surface area contributed by atoms with Crippen LogP contribution in [0.3, 0.4) is 0 Å². The Morgan fingerprint density at radius 1 is 1.27 bits per heavy atom. The summed E-state index contributed by atoms with van der Waals surface area (Å²) < 4.78 is 22.7. The average Bonchev–Trinajstić information content (AvgIpc) is 3.16. The first kappa shape index (κ1) is 15.3. The first-order valence-corrected chi connectivity index (χ1v) is 8.71. The van der Waals surface area contributed by atoms with Crippen molar-refractivity contribution in [2.24, 2.45) is 0 Å². The summed E-state index contributed by atoms with van der Waals surface area (Å²) >= 11 is 0. The molecule has 0 radical (unpaired) electrons. The Bertz CT molecular complexity index is 1210. The normalized spacial score (nSPS) is 14.8. The van der Waals surface area contributed by atoms with Crippen molar-refractivity contribution in [3.8, 4) is 11.6 Å². The molecule has 1 aromatic carbocycles. The highest BCUT2D eigenvalue weighted by Gasteiger charge is 2.28. The molecule has 0 aliphatic heterocycles. The predicted octanol–water partition coefficient (Wildman–Crippen LogP) is 3.90. The Morgan fingerprint density at radius 2 is 2.08 bits per heavy atom. The summed E-state index contributed by atoms with van der Waals surface area (Å²) in [5, 5.41) is 0. The Kier molecular flexibility index (Phi) is 3.10. The number of hydrogen-bond donors (Lipinski definition) is 0. The van der Waals surface area contributed by atoms with Gasteiger partial charge in [-0.3, -0.25) is 9.20 Å². The SMILES string of the molecule is CC(C)n1c(=O)c2c(-c3nc(C4CC4)co3)ncn2c2ccc(F)cc21. The van der Waals surface area contributed by atoms with E-state index in [1.165, 1.54) is 12.1 Å². The second-order valence-electron chi connectivity index (χ2n) is 7.07. The van der Waals surface area contributed by atoms with Crippen LogP contribution in [0.4, 0.5) is 4.39 Å². The third-order valence-electron chi connectivity index (χ3n) is 4.88. The number of rotatable bonds is 3. The maximum Gasteiger partial charge on any atom is 0.278 e. The number of aromatic nitrogens is 4. The van der Waals surface area contributed by atoms with E-state index in [0.29, 0.717) is 34.1 Å². The van der Waals surface area contributed by atoms with E-state index in [-0.39, 0.29) is 17.4 Å². The van der Waals surface area contributed by atoms with Crippen LogP contribution < -0.4 is 5.56 Å². The van der Waals surface area contributed by atoms with Crippen molar-refractivity contribution < 1.29 is 8.81 Å². The molecule has 26 heavy (non-hydrogen) atoms. The lowest BCUT2D eigenvalue weighted by molar-refractivity contribution is 0.570. The standard InChI is InChI=1S/C19H17FN4O2/c1-10(2)24-15-7-12(20)5-6-14(15)23-9-21-16(17(23)19(24)25)18-22-13(8-26-18)11-3-4-11/h5-11H,3-4H2,1-2H3. The van der Waals surface area contributed by atoms with E-state index in [4.69, 9.17) is 4.42 Å². The van der Waals surface area contributed by atoms with Crippen LogP contribution in [0.25, 0.3) is 28.1 Å². The Hall–Kier alpha value is -2.96. The molecule has 132 valence electrons. The van der Waals surface area contributed by atoms with Gasteiger partial charge in [0.25, 0.3) is 5.56 Å². The molecule has 0 unspecified atom stereocenters. The summed E-state index contributed by atoms with van der Waals surface area (Å²) in [4.78, 5) is 22.1. The van der Waals surface area contributed by atoms with Gasteiger partial charge in [0.15, 0.2) is 5.69 Å². The van der Waals surface area contributed by atoms with E-state index in [0.717, 1.165) is 18.5 Å². The van der Waals surface area contributed by atoms with Crippen molar-refractivity contribution in [3.05, 3.63) is 52.7 Å². The minimum Gasteiger partial charge on any atom is -0.443 e. The second kappa shape index (κ2) is 5.27. The second-order valence-corrected chi connectivity index (χ2v) is 7.07. The molecule has 3 aromatic heterocycles. The van der Waals surface area contributed by atoms with Gasteiger partial charge in [0, 0.05) is 12.0 Å². The molecular weight excluding hydrogens is 335 g/mol. The topological polar surface area (TPSA) is 65.3 Å². The van der Waals surface area contributed by atoms with E-state index in [1.54, 1.807) is 27.6 Å². The van der Waals surface area contributed by atoms with Gasteiger partial charge in [0.2, 0.25) is 5.89 Å². The predicted molar refractivity (Wildman–Crippen MR) is 94.8 cm³/mol. The maximum atomic E-state index is 13.8. The quantitative estimate of drug-likeness (QED) is 0.561. The molecular formula is C19H17FN4O2. The van der Waals surface area contributed by atoms with Crippen molar-refractivity contribution >= 4 is 16.6 Å². The van der Waals surface area contributed by atoms with Gasteiger partial charge < -0.3 is 8.98 Å². The lowest BCUT2D eigenvalue weighted by Gasteiger charge is -2.15. The molecule has 3 heterocycles. The number of oxazole rings is 1. The fourth-order valence-corrected chi connectivity index (χ4v) is 3.48. The van der Waals surface area contributed by atoms with Crippen molar-refractivity contribution in [2.45, 2.75) is 38.6 Å². The van der Waals surface area contributed by atoms with Gasteiger partial charge >= 0.3 is 0 Å². The smallest absolute Gasteiger partial charge is 0.278 e. The van der Waals surface area contributed by atoms with Crippen LogP contribution in [0.2, 0.25) is 0 Å². The molecule has 1 saturated carbocycles. The lowest BCUT2D eigenvalue weighted by atomic mass is 10.2. The number of imidazole rings is 1. The van der Waals surface area contributed by atoms with Gasteiger partial charge in [-0.25, -0.2) is 14.4 Å². The van der Waals surface area contributed by atoms with Gasteiger partial charge in [0.1, 0.15) is 23.9 Å². The van der Waals surface area contributed by atoms with Gasteiger partial charge in [0.05, 0.1) is 16.7 Å². The summed E-state index contributed by atoms with van der Waals surface area (Å²) in [5.74, 6) is 0.425. The highest BCUT2D eigenvalue weighted by molar-refractivity contribution is 5.83. The molecule has 0 N–H and O–H groups in total. The van der Waals surface area contributed by atoms with Crippen LogP contribution in [-0.4, -0.2) is 18.9 Å². The largest absolute Gasteiger partial charge is 0.443 e. The van der Waals surface area contributed by atoms with Crippen LogP contribution >= 0.6 is 0 Å². The summed E-state index contributed by atoms with van der Waals surface area (Å²) in [6, 6.07) is 4.29. The molecule has 0 atom stereocenters. The maximum absolute atomic E-state index is 13.8. The molecule has 7 heteroatoms. The molecule has 1 fully saturated rings. The van der Waals surface area contributed by atoms with E-state index >= 15 is 0 Å². The third-order valence-corrected chi connectivity index (χ3v) is 4.88. The Balaban J connectivity index is 1.85. The van der Waals surface area contributed by atoms with E-state index in [9.17, 15) is 9.18 Å². The van der Waals surface area contributed by atoms with E-state index in [1.807, 2.05) is 13.8 Å². The molecule has 4 aromatic rings. The number of hydrogen-bond acceptors (Lipinski definition) is 4. The van der Waals surface area contributed by atoms with Crippen molar-refractivity contribution in [2.75, 3.05) is 0 Å². The van der Waals surface area contributed by atoms with Crippen LogP contribution in [0.1, 0.15) is 44.3 Å². The first-order chi connectivity index (χ1) is 12.5. The van der Waals surface area contributed by atoms with Crippen LogP contribution in [-0.2, 0) is 0 Å². The number of fused-ring (bicyclic) bond motifs is 3. The molecule has 1 aliphatic carbocycles.